The summed E-state index contributed by atoms with van der Waals surface area (Å²) in [5, 5.41) is 0. The third-order valence-corrected chi connectivity index (χ3v) is 8.75. The Hall–Kier alpha value is -4.85. The normalized spacial score (nSPS) is 11.1. The minimum absolute atomic E-state index is 0.539. The molecule has 0 spiro atoms. The Balaban J connectivity index is 1.30. The fraction of sp³-hybridized carbons (Fsp3) is 0.200. The molecule has 5 rings (SSSR count). The number of hydrogen-bond donors (Lipinski definition) is 1. The molecule has 0 amide bonds. The van der Waals surface area contributed by atoms with E-state index in [1.807, 2.05) is 104 Å². The van der Waals surface area contributed by atoms with E-state index in [1.54, 1.807) is 17.4 Å². The number of hydrogen-bond acceptors (Lipinski definition) is 7. The molecular weight excluding hydrogens is 605 g/mol. The number of ether oxygens (including phenoxy) is 2. The topological polar surface area (TPSA) is 85.1 Å². The van der Waals surface area contributed by atoms with Gasteiger partial charge in [0.05, 0.1) is 36.3 Å². The van der Waals surface area contributed by atoms with Crippen molar-refractivity contribution < 1.29 is 17.9 Å². The van der Waals surface area contributed by atoms with Gasteiger partial charge in [-0.1, -0.05) is 48.5 Å². The van der Waals surface area contributed by atoms with Crippen LogP contribution >= 0.6 is 11.3 Å². The Morgan fingerprint density at radius 1 is 0.889 bits per heavy atom. The molecular formula is C35H34N4O4S2. The number of aromatic nitrogens is 1. The Bertz CT molecular complexity index is 1900. The lowest BCUT2D eigenvalue weighted by atomic mass is 10.1. The van der Waals surface area contributed by atoms with Crippen molar-refractivity contribution in [3.05, 3.63) is 135 Å². The number of benzene rings is 4. The molecule has 0 saturated carbocycles. The maximum absolute atomic E-state index is 12.0. The average molecular weight is 639 g/mol. The molecule has 8 nitrogen and oxygen atoms in total. The van der Waals surface area contributed by atoms with Crippen LogP contribution in [0.25, 0.3) is 4.85 Å². The zero-order valence-electron chi connectivity index (χ0n) is 25.4. The van der Waals surface area contributed by atoms with Gasteiger partial charge in [0.15, 0.2) is 5.69 Å². The van der Waals surface area contributed by atoms with E-state index in [-0.39, 0.29) is 0 Å². The summed E-state index contributed by atoms with van der Waals surface area (Å²) in [6.07, 6.45) is 1.96. The molecule has 0 unspecified atom stereocenters. The minimum atomic E-state index is -3.44. The summed E-state index contributed by atoms with van der Waals surface area (Å²) in [5.41, 5.74) is 7.84. The largest absolute Gasteiger partial charge is 0.493 e. The van der Waals surface area contributed by atoms with E-state index in [9.17, 15) is 8.42 Å². The molecule has 10 heteroatoms. The molecule has 5 aromatic rings. The average Bonchev–Trinajstić information content (AvgIpc) is 3.43. The van der Waals surface area contributed by atoms with Gasteiger partial charge in [-0.2, -0.15) is 0 Å². The zero-order valence-corrected chi connectivity index (χ0v) is 27.0. The molecule has 0 atom stereocenters. The van der Waals surface area contributed by atoms with Crippen LogP contribution in [0, 0.1) is 20.4 Å². The van der Waals surface area contributed by atoms with Crippen molar-refractivity contribution in [2.24, 2.45) is 0 Å². The van der Waals surface area contributed by atoms with Crippen LogP contribution < -0.4 is 19.1 Å². The highest BCUT2D eigenvalue weighted by molar-refractivity contribution is 7.92. The van der Waals surface area contributed by atoms with Crippen LogP contribution in [0.15, 0.2) is 96.5 Å². The monoisotopic (exact) mass is 638 g/mol. The number of nitrogens with zero attached hydrogens (tertiary/aromatic N) is 3. The third kappa shape index (κ3) is 8.85. The van der Waals surface area contributed by atoms with Crippen LogP contribution in [0.5, 0.6) is 17.2 Å². The first-order valence-electron chi connectivity index (χ1n) is 14.3. The van der Waals surface area contributed by atoms with Crippen LogP contribution in [-0.2, 0) is 29.5 Å². The van der Waals surface area contributed by atoms with Gasteiger partial charge in [-0.05, 0) is 66.9 Å². The molecule has 1 N–H and O–H groups in total. The van der Waals surface area contributed by atoms with Crippen LogP contribution in [-0.4, -0.2) is 26.3 Å². The highest BCUT2D eigenvalue weighted by atomic mass is 32.2. The van der Waals surface area contributed by atoms with Crippen LogP contribution in [0.1, 0.15) is 27.3 Å². The van der Waals surface area contributed by atoms with Gasteiger partial charge in [-0.3, -0.25) is 4.72 Å². The van der Waals surface area contributed by atoms with E-state index in [0.29, 0.717) is 42.6 Å². The van der Waals surface area contributed by atoms with Gasteiger partial charge in [-0.25, -0.2) is 18.2 Å². The lowest BCUT2D eigenvalue weighted by Gasteiger charge is -2.28. The summed E-state index contributed by atoms with van der Waals surface area (Å²) in [5.74, 6) is 2.13. The first-order valence-corrected chi connectivity index (χ1v) is 17.1. The zero-order chi connectivity index (χ0) is 31.8. The second kappa shape index (κ2) is 14.3. The van der Waals surface area contributed by atoms with Gasteiger partial charge in [0, 0.05) is 36.1 Å². The number of anilines is 2. The summed E-state index contributed by atoms with van der Waals surface area (Å²) >= 11 is 1.64. The number of nitrogens with one attached hydrogen (secondary N) is 1. The van der Waals surface area contributed by atoms with Crippen molar-refractivity contribution in [3.63, 3.8) is 0 Å². The van der Waals surface area contributed by atoms with E-state index in [2.05, 4.69) is 19.5 Å². The number of rotatable bonds is 13. The molecule has 0 aliphatic heterocycles. The number of aryl methyl sites for hydroxylation is 1. The first kappa shape index (κ1) is 31.6. The molecule has 0 aliphatic rings. The summed E-state index contributed by atoms with van der Waals surface area (Å²) in [4.78, 5) is 11.2. The van der Waals surface area contributed by atoms with Crippen LogP contribution in [0.3, 0.4) is 0 Å². The third-order valence-electron chi connectivity index (χ3n) is 7.16. The minimum Gasteiger partial charge on any atom is -0.493 e. The van der Waals surface area contributed by atoms with Gasteiger partial charge >= 0.3 is 0 Å². The Morgan fingerprint density at radius 2 is 1.56 bits per heavy atom. The predicted octanol–water partition coefficient (Wildman–Crippen LogP) is 8.30. The SMILES string of the molecule is [C-]#[N+]c1ccc(CN(Cc2ccc(Oc3cccc(OCCc4scnc4C)c3)cc2)c2cccc(NS(C)(=O)=O)c2C)cc1. The van der Waals surface area contributed by atoms with Crippen molar-refractivity contribution in [1.29, 1.82) is 0 Å². The molecule has 4 aromatic carbocycles. The van der Waals surface area contributed by atoms with Crippen molar-refractivity contribution >= 4 is 38.4 Å². The van der Waals surface area contributed by atoms with Gasteiger partial charge in [-0.15, -0.1) is 11.3 Å². The molecule has 0 bridgehead atoms. The first-order chi connectivity index (χ1) is 21.7. The van der Waals surface area contributed by atoms with Gasteiger partial charge in [0.25, 0.3) is 0 Å². The maximum Gasteiger partial charge on any atom is 0.229 e. The van der Waals surface area contributed by atoms with Crippen molar-refractivity contribution in [2.45, 2.75) is 33.4 Å². The number of sulfonamides is 1. The van der Waals surface area contributed by atoms with Crippen molar-refractivity contribution in [3.8, 4) is 17.2 Å². The smallest absolute Gasteiger partial charge is 0.229 e. The summed E-state index contributed by atoms with van der Waals surface area (Å²) in [7, 11) is -3.44. The summed E-state index contributed by atoms with van der Waals surface area (Å²) in [6.45, 7) is 12.9. The van der Waals surface area contributed by atoms with Crippen molar-refractivity contribution in [2.75, 3.05) is 22.5 Å². The molecule has 0 aliphatic carbocycles. The standard InChI is InChI=1S/C35H34N4O4S2/c1-25-33(38-45(4,40)41)9-6-10-34(25)39(22-27-11-15-29(36-3)16-12-27)23-28-13-17-30(18-14-28)43-32-8-5-7-31(21-32)42-20-19-35-26(2)37-24-44-35/h5-18,21,24,38H,19-20,22-23H2,1-2,4H3. The maximum atomic E-state index is 12.0. The van der Waals surface area contributed by atoms with E-state index in [1.165, 1.54) is 4.88 Å². The van der Waals surface area contributed by atoms with E-state index in [4.69, 9.17) is 16.0 Å². The lowest BCUT2D eigenvalue weighted by Crippen LogP contribution is -2.23. The van der Waals surface area contributed by atoms with Gasteiger partial charge < -0.3 is 14.4 Å². The fourth-order valence-electron chi connectivity index (χ4n) is 4.87. The van der Waals surface area contributed by atoms with Crippen LogP contribution in [0.2, 0.25) is 0 Å². The molecule has 1 aromatic heterocycles. The highest BCUT2D eigenvalue weighted by Gasteiger charge is 2.15. The molecule has 0 fully saturated rings. The molecule has 1 heterocycles. The Labute approximate surface area is 268 Å². The van der Waals surface area contributed by atoms with E-state index >= 15 is 0 Å². The van der Waals surface area contributed by atoms with Gasteiger partial charge in [0.2, 0.25) is 10.0 Å². The predicted molar refractivity (Wildman–Crippen MR) is 181 cm³/mol. The summed E-state index contributed by atoms with van der Waals surface area (Å²) in [6, 6.07) is 28.6. The van der Waals surface area contributed by atoms with Gasteiger partial charge in [0.1, 0.15) is 17.2 Å². The fourth-order valence-corrected chi connectivity index (χ4v) is 6.26. The molecule has 0 saturated heterocycles. The molecule has 45 heavy (non-hydrogen) atoms. The Kier molecular flexibility index (Phi) is 10.0. The van der Waals surface area contributed by atoms with E-state index in [0.717, 1.165) is 46.5 Å². The second-order valence-corrected chi connectivity index (χ2v) is 13.3. The second-order valence-electron chi connectivity index (χ2n) is 10.6. The quantitative estimate of drug-likeness (QED) is 0.131. The number of thiazole rings is 1. The lowest BCUT2D eigenvalue weighted by molar-refractivity contribution is 0.321. The highest BCUT2D eigenvalue weighted by Crippen LogP contribution is 2.31. The van der Waals surface area contributed by atoms with Crippen LogP contribution in [0.4, 0.5) is 17.1 Å². The Morgan fingerprint density at radius 3 is 2.20 bits per heavy atom. The van der Waals surface area contributed by atoms with E-state index < -0.39 is 10.0 Å². The summed E-state index contributed by atoms with van der Waals surface area (Å²) < 4.78 is 38.7. The van der Waals surface area contributed by atoms with Crippen molar-refractivity contribution in [1.82, 2.24) is 4.98 Å². The molecule has 0 radical (unpaired) electrons. The molecule has 230 valence electrons.